The zero-order chi connectivity index (χ0) is 15.7. The van der Waals surface area contributed by atoms with Gasteiger partial charge in [-0.3, -0.25) is 4.90 Å². The molecule has 1 aromatic rings. The molecule has 0 heterocycles. The molecule has 0 aromatic heterocycles. The molecule has 0 spiro atoms. The Morgan fingerprint density at radius 1 is 1.14 bits per heavy atom. The van der Waals surface area contributed by atoms with E-state index in [-0.39, 0.29) is 0 Å². The van der Waals surface area contributed by atoms with Crippen LogP contribution in [-0.2, 0) is 4.74 Å². The SMILES string of the molecule is CCC(C)N(CCOC)C(CNC(C)C)c1ccccc1. The second-order valence-corrected chi connectivity index (χ2v) is 5.98. The lowest BCUT2D eigenvalue weighted by Crippen LogP contribution is -2.44. The molecule has 0 aliphatic carbocycles. The van der Waals surface area contributed by atoms with E-state index in [9.17, 15) is 0 Å². The predicted octanol–water partition coefficient (Wildman–Crippen LogP) is 3.47. The van der Waals surface area contributed by atoms with Gasteiger partial charge in [-0.25, -0.2) is 0 Å². The van der Waals surface area contributed by atoms with Crippen LogP contribution in [0.15, 0.2) is 30.3 Å². The zero-order valence-corrected chi connectivity index (χ0v) is 14.3. The van der Waals surface area contributed by atoms with Crippen molar-refractivity contribution >= 4 is 0 Å². The Labute approximate surface area is 130 Å². The number of ether oxygens (including phenoxy) is 1. The Morgan fingerprint density at radius 2 is 1.81 bits per heavy atom. The molecule has 0 bridgehead atoms. The van der Waals surface area contributed by atoms with Crippen LogP contribution in [0, 0.1) is 0 Å². The van der Waals surface area contributed by atoms with Crippen molar-refractivity contribution in [3.8, 4) is 0 Å². The Hall–Kier alpha value is -0.900. The summed E-state index contributed by atoms with van der Waals surface area (Å²) < 4.78 is 5.32. The molecule has 1 N–H and O–H groups in total. The molecule has 0 saturated carbocycles. The maximum atomic E-state index is 5.32. The molecular weight excluding hydrogens is 260 g/mol. The second kappa shape index (κ2) is 9.93. The van der Waals surface area contributed by atoms with E-state index in [1.807, 2.05) is 0 Å². The van der Waals surface area contributed by atoms with Gasteiger partial charge in [0.15, 0.2) is 0 Å². The first-order chi connectivity index (χ1) is 10.1. The third-order valence-corrected chi connectivity index (χ3v) is 4.01. The maximum absolute atomic E-state index is 5.32. The van der Waals surface area contributed by atoms with Crippen molar-refractivity contribution in [2.24, 2.45) is 0 Å². The van der Waals surface area contributed by atoms with Crippen molar-refractivity contribution in [2.45, 2.75) is 52.2 Å². The number of nitrogens with one attached hydrogen (secondary N) is 1. The average molecular weight is 292 g/mol. The summed E-state index contributed by atoms with van der Waals surface area (Å²) in [5, 5.41) is 3.60. The predicted molar refractivity (Wildman–Crippen MR) is 90.7 cm³/mol. The summed E-state index contributed by atoms with van der Waals surface area (Å²) in [5.74, 6) is 0. The third kappa shape index (κ3) is 6.16. The fraction of sp³-hybridized carbons (Fsp3) is 0.667. The van der Waals surface area contributed by atoms with E-state index >= 15 is 0 Å². The lowest BCUT2D eigenvalue weighted by atomic mass is 10.0. The number of methoxy groups -OCH3 is 1. The minimum absolute atomic E-state index is 0.388. The molecule has 0 saturated heterocycles. The highest BCUT2D eigenvalue weighted by Crippen LogP contribution is 2.23. The van der Waals surface area contributed by atoms with Crippen molar-refractivity contribution in [3.63, 3.8) is 0 Å². The first-order valence-corrected chi connectivity index (χ1v) is 8.13. The largest absolute Gasteiger partial charge is 0.383 e. The van der Waals surface area contributed by atoms with Crippen molar-refractivity contribution in [2.75, 3.05) is 26.8 Å². The minimum Gasteiger partial charge on any atom is -0.383 e. The molecule has 0 fully saturated rings. The normalized spacial score (nSPS) is 14.6. The monoisotopic (exact) mass is 292 g/mol. The van der Waals surface area contributed by atoms with Crippen LogP contribution >= 0.6 is 0 Å². The van der Waals surface area contributed by atoms with Crippen molar-refractivity contribution in [1.82, 2.24) is 10.2 Å². The summed E-state index contributed by atoms with van der Waals surface area (Å²) in [6.45, 7) is 11.7. The van der Waals surface area contributed by atoms with Crippen LogP contribution in [0.2, 0.25) is 0 Å². The van der Waals surface area contributed by atoms with E-state index in [1.165, 1.54) is 5.56 Å². The van der Waals surface area contributed by atoms with Crippen LogP contribution in [0.3, 0.4) is 0 Å². The second-order valence-electron chi connectivity index (χ2n) is 5.98. The quantitative estimate of drug-likeness (QED) is 0.714. The van der Waals surface area contributed by atoms with Crippen molar-refractivity contribution in [3.05, 3.63) is 35.9 Å². The average Bonchev–Trinajstić information content (AvgIpc) is 2.50. The molecule has 0 aliphatic heterocycles. The number of hydrogen-bond donors (Lipinski definition) is 1. The fourth-order valence-corrected chi connectivity index (χ4v) is 2.56. The molecule has 21 heavy (non-hydrogen) atoms. The van der Waals surface area contributed by atoms with E-state index in [0.29, 0.717) is 18.1 Å². The Morgan fingerprint density at radius 3 is 2.33 bits per heavy atom. The van der Waals surface area contributed by atoms with Gasteiger partial charge in [0.05, 0.1) is 6.61 Å². The van der Waals surface area contributed by atoms with Crippen molar-refractivity contribution < 1.29 is 4.74 Å². The van der Waals surface area contributed by atoms with Crippen LogP contribution in [0.25, 0.3) is 0 Å². The molecule has 1 aromatic carbocycles. The number of hydrogen-bond acceptors (Lipinski definition) is 3. The van der Waals surface area contributed by atoms with Crippen LogP contribution in [0.5, 0.6) is 0 Å². The third-order valence-electron chi connectivity index (χ3n) is 4.01. The zero-order valence-electron chi connectivity index (χ0n) is 14.3. The molecular formula is C18H32N2O. The summed E-state index contributed by atoms with van der Waals surface area (Å²) in [4.78, 5) is 2.56. The van der Waals surface area contributed by atoms with Gasteiger partial charge < -0.3 is 10.1 Å². The molecule has 2 atom stereocenters. The molecule has 0 amide bonds. The van der Waals surface area contributed by atoms with Gasteiger partial charge >= 0.3 is 0 Å². The molecule has 0 aliphatic rings. The summed E-state index contributed by atoms with van der Waals surface area (Å²) >= 11 is 0. The number of nitrogens with zero attached hydrogens (tertiary/aromatic N) is 1. The lowest BCUT2D eigenvalue weighted by molar-refractivity contribution is 0.0859. The van der Waals surface area contributed by atoms with Gasteiger partial charge in [0, 0.05) is 38.3 Å². The first kappa shape index (κ1) is 18.1. The Kier molecular flexibility index (Phi) is 8.58. The Balaban J connectivity index is 2.93. The van der Waals surface area contributed by atoms with E-state index in [4.69, 9.17) is 4.74 Å². The van der Waals surface area contributed by atoms with Crippen LogP contribution in [0.1, 0.15) is 45.7 Å². The van der Waals surface area contributed by atoms with E-state index < -0.39 is 0 Å². The van der Waals surface area contributed by atoms with E-state index in [0.717, 1.165) is 26.1 Å². The Bertz CT molecular complexity index is 367. The van der Waals surface area contributed by atoms with Gasteiger partial charge in [0.25, 0.3) is 0 Å². The molecule has 1 rings (SSSR count). The molecule has 120 valence electrons. The summed E-state index contributed by atoms with van der Waals surface area (Å²) in [7, 11) is 1.78. The highest BCUT2D eigenvalue weighted by atomic mass is 16.5. The van der Waals surface area contributed by atoms with Crippen LogP contribution in [0.4, 0.5) is 0 Å². The molecule has 3 nitrogen and oxygen atoms in total. The smallest absolute Gasteiger partial charge is 0.0590 e. The highest BCUT2D eigenvalue weighted by molar-refractivity contribution is 5.19. The van der Waals surface area contributed by atoms with E-state index in [1.54, 1.807) is 7.11 Å². The highest BCUT2D eigenvalue weighted by Gasteiger charge is 2.23. The van der Waals surface area contributed by atoms with Gasteiger partial charge in [0.2, 0.25) is 0 Å². The van der Waals surface area contributed by atoms with Gasteiger partial charge in [-0.15, -0.1) is 0 Å². The standard InChI is InChI=1S/C18H32N2O/c1-6-16(4)20(12-13-21-5)18(14-19-15(2)3)17-10-8-7-9-11-17/h7-11,15-16,18-19H,6,12-14H2,1-5H3. The fourth-order valence-electron chi connectivity index (χ4n) is 2.56. The summed E-state index contributed by atoms with van der Waals surface area (Å²) in [5.41, 5.74) is 1.38. The van der Waals surface area contributed by atoms with E-state index in [2.05, 4.69) is 68.2 Å². The number of rotatable bonds is 10. The molecule has 2 unspecified atom stereocenters. The molecule has 0 radical (unpaired) electrons. The molecule has 3 heteroatoms. The first-order valence-electron chi connectivity index (χ1n) is 8.13. The number of benzene rings is 1. The van der Waals surface area contributed by atoms with Crippen LogP contribution in [-0.4, -0.2) is 43.8 Å². The van der Waals surface area contributed by atoms with Crippen molar-refractivity contribution in [1.29, 1.82) is 0 Å². The maximum Gasteiger partial charge on any atom is 0.0590 e. The topological polar surface area (TPSA) is 24.5 Å². The summed E-state index contributed by atoms with van der Waals surface area (Å²) in [6, 6.07) is 12.2. The van der Waals surface area contributed by atoms with Crippen LogP contribution < -0.4 is 5.32 Å². The van der Waals surface area contributed by atoms with Gasteiger partial charge in [-0.2, -0.15) is 0 Å². The van der Waals surface area contributed by atoms with Gasteiger partial charge in [-0.1, -0.05) is 51.1 Å². The minimum atomic E-state index is 0.388. The lowest BCUT2D eigenvalue weighted by Gasteiger charge is -2.37. The van der Waals surface area contributed by atoms with Gasteiger partial charge in [0.1, 0.15) is 0 Å². The summed E-state index contributed by atoms with van der Waals surface area (Å²) in [6.07, 6.45) is 1.15. The van der Waals surface area contributed by atoms with Gasteiger partial charge in [-0.05, 0) is 18.9 Å².